The molecule has 2 heterocycles. The maximum Gasteiger partial charge on any atom is 0.246 e. The van der Waals surface area contributed by atoms with Crippen molar-refractivity contribution in [1.82, 2.24) is 20.0 Å². The number of benzene rings is 1. The molecule has 8 nitrogen and oxygen atoms in total. The number of amides is 1. The van der Waals surface area contributed by atoms with E-state index in [-0.39, 0.29) is 5.91 Å². The summed E-state index contributed by atoms with van der Waals surface area (Å²) in [4.78, 5) is 20.8. The number of aromatic nitrogens is 2. The highest BCUT2D eigenvalue weighted by atomic mass is 16.5. The zero-order valence-corrected chi connectivity index (χ0v) is 17.6. The molecular weight excluding hydrogens is 368 g/mol. The molecule has 1 aliphatic heterocycles. The summed E-state index contributed by atoms with van der Waals surface area (Å²) < 4.78 is 6.93. The first-order valence-corrected chi connectivity index (χ1v) is 9.90. The second-order valence-electron chi connectivity index (χ2n) is 7.28. The van der Waals surface area contributed by atoms with Crippen LogP contribution in [0.15, 0.2) is 41.7 Å². The van der Waals surface area contributed by atoms with E-state index >= 15 is 0 Å². The molecule has 29 heavy (non-hydrogen) atoms. The number of guanidine groups is 1. The van der Waals surface area contributed by atoms with Crippen LogP contribution < -0.4 is 15.0 Å². The van der Waals surface area contributed by atoms with Gasteiger partial charge in [0.1, 0.15) is 12.3 Å². The van der Waals surface area contributed by atoms with E-state index in [1.54, 1.807) is 29.9 Å². The number of anilines is 1. The van der Waals surface area contributed by atoms with Crippen LogP contribution in [0.5, 0.6) is 5.75 Å². The summed E-state index contributed by atoms with van der Waals surface area (Å²) >= 11 is 0. The minimum absolute atomic E-state index is 0.0544. The number of hydrogen-bond donors (Lipinski definition) is 1. The molecule has 0 spiro atoms. The molecule has 1 fully saturated rings. The van der Waals surface area contributed by atoms with Gasteiger partial charge in [0.05, 0.1) is 19.0 Å². The molecule has 1 N–H and O–H groups in total. The molecule has 0 bridgehead atoms. The third-order valence-corrected chi connectivity index (χ3v) is 5.28. The fourth-order valence-corrected chi connectivity index (χ4v) is 3.51. The third kappa shape index (κ3) is 5.07. The van der Waals surface area contributed by atoms with Crippen LogP contribution in [0.1, 0.15) is 24.8 Å². The highest BCUT2D eigenvalue weighted by molar-refractivity contribution is 5.98. The van der Waals surface area contributed by atoms with Crippen molar-refractivity contribution >= 4 is 17.6 Å². The lowest BCUT2D eigenvalue weighted by atomic mass is 9.98. The van der Waals surface area contributed by atoms with Gasteiger partial charge in [0.25, 0.3) is 0 Å². The summed E-state index contributed by atoms with van der Waals surface area (Å²) in [5.41, 5.74) is 2.12. The maximum absolute atomic E-state index is 12.6. The van der Waals surface area contributed by atoms with Gasteiger partial charge in [0.15, 0.2) is 5.96 Å². The topological polar surface area (TPSA) is 75.0 Å². The molecule has 0 saturated carbocycles. The Labute approximate surface area is 172 Å². The van der Waals surface area contributed by atoms with Crippen molar-refractivity contribution in [1.29, 1.82) is 0 Å². The minimum Gasteiger partial charge on any atom is -0.497 e. The molecule has 1 unspecified atom stereocenters. The molecule has 1 saturated heterocycles. The van der Waals surface area contributed by atoms with E-state index in [0.29, 0.717) is 19.0 Å². The average molecular weight is 399 g/mol. The molecular formula is C21H30N6O2. The molecule has 2 aromatic rings. The van der Waals surface area contributed by atoms with Crippen molar-refractivity contribution in [3.8, 4) is 5.75 Å². The number of hydrogen-bond acceptors (Lipinski definition) is 4. The first-order chi connectivity index (χ1) is 14.0. The number of rotatable bonds is 6. The number of carbonyl (C=O) groups excluding carboxylic acids is 1. The number of nitrogens with one attached hydrogen (secondary N) is 1. The van der Waals surface area contributed by atoms with Crippen LogP contribution in [0.4, 0.5) is 5.69 Å². The van der Waals surface area contributed by atoms with Crippen molar-refractivity contribution in [3.63, 3.8) is 0 Å². The zero-order valence-electron chi connectivity index (χ0n) is 17.6. The predicted molar refractivity (Wildman–Crippen MR) is 115 cm³/mol. The lowest BCUT2D eigenvalue weighted by Gasteiger charge is -2.35. The summed E-state index contributed by atoms with van der Waals surface area (Å²) in [6, 6.07) is 8.19. The van der Waals surface area contributed by atoms with Gasteiger partial charge < -0.3 is 19.9 Å². The van der Waals surface area contributed by atoms with Crippen LogP contribution in [0.3, 0.4) is 0 Å². The van der Waals surface area contributed by atoms with E-state index < -0.39 is 0 Å². The number of nitrogens with zero attached hydrogens (tertiary/aromatic N) is 5. The standard InChI is InChI=1S/C21H30N6O2/c1-16(17-5-7-19(29-4)8-6-17)9-10-23-21(22-2)26-11-12-27(20(28)15-26)18-13-24-25(3)14-18/h5-8,13-14,16H,9-12,15H2,1-4H3,(H,22,23). The van der Waals surface area contributed by atoms with Gasteiger partial charge in [-0.3, -0.25) is 14.5 Å². The number of piperazine rings is 1. The summed E-state index contributed by atoms with van der Waals surface area (Å²) in [6.07, 6.45) is 4.55. The van der Waals surface area contributed by atoms with E-state index in [2.05, 4.69) is 34.5 Å². The maximum atomic E-state index is 12.6. The lowest BCUT2D eigenvalue weighted by molar-refractivity contribution is -0.120. The predicted octanol–water partition coefficient (Wildman–Crippen LogP) is 1.85. The summed E-state index contributed by atoms with van der Waals surface area (Å²) in [6.45, 7) is 4.66. The lowest BCUT2D eigenvalue weighted by Crippen LogP contribution is -2.55. The van der Waals surface area contributed by atoms with E-state index in [9.17, 15) is 4.79 Å². The molecule has 1 amide bonds. The van der Waals surface area contributed by atoms with E-state index in [1.165, 1.54) is 5.56 Å². The minimum atomic E-state index is 0.0544. The monoisotopic (exact) mass is 398 g/mol. The number of ether oxygens (including phenoxy) is 1. The number of aliphatic imine (C=N–C) groups is 1. The Bertz CT molecular complexity index is 845. The summed E-state index contributed by atoms with van der Waals surface area (Å²) in [5, 5.41) is 7.56. The van der Waals surface area contributed by atoms with Crippen LogP contribution in [-0.2, 0) is 11.8 Å². The van der Waals surface area contributed by atoms with Gasteiger partial charge in [-0.2, -0.15) is 5.10 Å². The first-order valence-electron chi connectivity index (χ1n) is 9.90. The SMILES string of the molecule is CN=C(NCCC(C)c1ccc(OC)cc1)N1CCN(c2cnn(C)c2)C(=O)C1. The van der Waals surface area contributed by atoms with Crippen molar-refractivity contribution in [2.24, 2.45) is 12.0 Å². The number of aryl methyl sites for hydroxylation is 1. The molecule has 1 atom stereocenters. The van der Waals surface area contributed by atoms with E-state index in [1.807, 2.05) is 30.3 Å². The second-order valence-corrected chi connectivity index (χ2v) is 7.28. The molecule has 3 rings (SSSR count). The Morgan fingerprint density at radius 3 is 2.66 bits per heavy atom. The number of carbonyl (C=O) groups is 1. The van der Waals surface area contributed by atoms with Crippen molar-refractivity contribution in [2.45, 2.75) is 19.3 Å². The Kier molecular flexibility index (Phi) is 6.74. The highest BCUT2D eigenvalue weighted by Gasteiger charge is 2.27. The molecule has 1 aromatic heterocycles. The molecule has 1 aromatic carbocycles. The Morgan fingerprint density at radius 1 is 1.31 bits per heavy atom. The van der Waals surface area contributed by atoms with Crippen molar-refractivity contribution < 1.29 is 9.53 Å². The van der Waals surface area contributed by atoms with Crippen molar-refractivity contribution in [3.05, 3.63) is 42.2 Å². The largest absolute Gasteiger partial charge is 0.497 e. The molecule has 1 aliphatic rings. The van der Waals surface area contributed by atoms with Gasteiger partial charge in [-0.25, -0.2) is 0 Å². The van der Waals surface area contributed by atoms with Crippen LogP contribution in [-0.4, -0.2) is 66.9 Å². The molecule has 0 radical (unpaired) electrons. The molecule has 0 aliphatic carbocycles. The van der Waals surface area contributed by atoms with Gasteiger partial charge >= 0.3 is 0 Å². The van der Waals surface area contributed by atoms with Gasteiger partial charge in [0, 0.05) is 39.9 Å². The molecule has 156 valence electrons. The Balaban J connectivity index is 1.49. The fraction of sp³-hybridized carbons (Fsp3) is 0.476. The fourth-order valence-electron chi connectivity index (χ4n) is 3.51. The number of methoxy groups -OCH3 is 1. The average Bonchev–Trinajstić information content (AvgIpc) is 3.17. The van der Waals surface area contributed by atoms with E-state index in [0.717, 1.165) is 36.9 Å². The van der Waals surface area contributed by atoms with Crippen LogP contribution in [0.25, 0.3) is 0 Å². The Hall–Kier alpha value is -3.03. The third-order valence-electron chi connectivity index (χ3n) is 5.28. The van der Waals surface area contributed by atoms with Gasteiger partial charge in [-0.15, -0.1) is 0 Å². The Morgan fingerprint density at radius 2 is 2.07 bits per heavy atom. The summed E-state index contributed by atoms with van der Waals surface area (Å²) in [7, 11) is 5.28. The van der Waals surface area contributed by atoms with Crippen LogP contribution >= 0.6 is 0 Å². The second kappa shape index (κ2) is 9.45. The van der Waals surface area contributed by atoms with Crippen LogP contribution in [0, 0.1) is 0 Å². The van der Waals surface area contributed by atoms with Gasteiger partial charge in [-0.1, -0.05) is 19.1 Å². The van der Waals surface area contributed by atoms with Crippen molar-refractivity contribution in [2.75, 3.05) is 45.2 Å². The quantitative estimate of drug-likeness (QED) is 0.594. The summed E-state index contributed by atoms with van der Waals surface area (Å²) in [5.74, 6) is 2.11. The zero-order chi connectivity index (χ0) is 20.8. The van der Waals surface area contributed by atoms with Crippen LogP contribution in [0.2, 0.25) is 0 Å². The van der Waals surface area contributed by atoms with E-state index in [4.69, 9.17) is 4.74 Å². The first kappa shape index (κ1) is 20.7. The smallest absolute Gasteiger partial charge is 0.246 e. The normalized spacial score (nSPS) is 16.1. The van der Waals surface area contributed by atoms with Gasteiger partial charge in [-0.05, 0) is 30.0 Å². The highest BCUT2D eigenvalue weighted by Crippen LogP contribution is 2.21. The van der Waals surface area contributed by atoms with Gasteiger partial charge in [0.2, 0.25) is 5.91 Å². The molecule has 8 heteroatoms.